The van der Waals surface area contributed by atoms with Gasteiger partial charge in [0.2, 0.25) is 0 Å². The number of benzene rings is 2. The van der Waals surface area contributed by atoms with E-state index < -0.39 is 0 Å². The molecule has 0 aromatic heterocycles. The van der Waals surface area contributed by atoms with Crippen LogP contribution in [0.5, 0.6) is 5.75 Å². The lowest BCUT2D eigenvalue weighted by atomic mass is 9.86. The number of hydrogen-bond donors (Lipinski definition) is 3. The van der Waals surface area contributed by atoms with Crippen molar-refractivity contribution in [2.45, 2.75) is 38.5 Å². The van der Waals surface area contributed by atoms with Crippen LogP contribution in [-0.4, -0.2) is 23.3 Å². The van der Waals surface area contributed by atoms with Gasteiger partial charge in [0.25, 0.3) is 0 Å². The molecule has 0 unspecified atom stereocenters. The first-order valence-electron chi connectivity index (χ1n) is 8.13. The van der Waals surface area contributed by atoms with Gasteiger partial charge in [0.05, 0.1) is 0 Å². The van der Waals surface area contributed by atoms with Crippen molar-refractivity contribution in [1.82, 2.24) is 5.32 Å². The van der Waals surface area contributed by atoms with Crippen molar-refractivity contribution in [3.05, 3.63) is 59.7 Å². The van der Waals surface area contributed by atoms with Gasteiger partial charge in [0, 0.05) is 17.8 Å². The molecule has 1 saturated carbocycles. The third kappa shape index (κ3) is 4.19. The minimum atomic E-state index is -0.372. The molecule has 0 heterocycles. The highest BCUT2D eigenvalue weighted by Gasteiger charge is 2.30. The molecular formula is C19H22N2O3. The Bertz CT molecular complexity index is 697. The fourth-order valence-electron chi connectivity index (χ4n) is 2.77. The zero-order valence-corrected chi connectivity index (χ0v) is 13.7. The standard InChI is InChI=1S/C19H22N2O3/c1-13-9-15(7-8-18(13)22)20-16-10-17(11-16)21-19(23)24-12-14-5-3-2-4-6-14/h2-9,16-17,20,22H,10-12H2,1H3,(H,21,23). The van der Waals surface area contributed by atoms with Gasteiger partial charge in [-0.3, -0.25) is 0 Å². The number of hydrogen-bond acceptors (Lipinski definition) is 4. The summed E-state index contributed by atoms with van der Waals surface area (Å²) in [5.74, 6) is 0.301. The van der Waals surface area contributed by atoms with Crippen LogP contribution in [0.15, 0.2) is 48.5 Å². The molecule has 0 saturated heterocycles. The number of phenols is 1. The highest BCUT2D eigenvalue weighted by molar-refractivity contribution is 5.68. The first-order chi connectivity index (χ1) is 11.6. The maximum atomic E-state index is 11.8. The summed E-state index contributed by atoms with van der Waals surface area (Å²) in [4.78, 5) is 11.8. The molecule has 5 nitrogen and oxygen atoms in total. The number of phenolic OH excluding ortho intramolecular Hbond substituents is 1. The van der Waals surface area contributed by atoms with Crippen molar-refractivity contribution < 1.29 is 14.6 Å². The number of aryl methyl sites for hydroxylation is 1. The van der Waals surface area contributed by atoms with E-state index in [1.165, 1.54) is 0 Å². The molecule has 3 rings (SSSR count). The third-order valence-electron chi connectivity index (χ3n) is 4.24. The summed E-state index contributed by atoms with van der Waals surface area (Å²) in [7, 11) is 0. The molecule has 0 bridgehead atoms. The maximum absolute atomic E-state index is 11.8. The number of carbonyl (C=O) groups excluding carboxylic acids is 1. The number of carbonyl (C=O) groups is 1. The maximum Gasteiger partial charge on any atom is 0.407 e. The molecule has 24 heavy (non-hydrogen) atoms. The van der Waals surface area contributed by atoms with E-state index >= 15 is 0 Å². The fraction of sp³-hybridized carbons (Fsp3) is 0.316. The average Bonchev–Trinajstić information content (AvgIpc) is 2.55. The van der Waals surface area contributed by atoms with Gasteiger partial charge in [-0.05, 0) is 49.1 Å². The van der Waals surface area contributed by atoms with Crippen LogP contribution in [0.3, 0.4) is 0 Å². The predicted molar refractivity (Wildman–Crippen MR) is 93.0 cm³/mol. The van der Waals surface area contributed by atoms with E-state index in [0.717, 1.165) is 29.7 Å². The Balaban J connectivity index is 1.37. The van der Waals surface area contributed by atoms with E-state index in [4.69, 9.17) is 4.74 Å². The predicted octanol–water partition coefficient (Wildman–Crippen LogP) is 3.57. The van der Waals surface area contributed by atoms with Crippen LogP contribution >= 0.6 is 0 Å². The molecule has 1 aliphatic rings. The smallest absolute Gasteiger partial charge is 0.407 e. The third-order valence-corrected chi connectivity index (χ3v) is 4.24. The normalized spacial score (nSPS) is 19.2. The fourth-order valence-corrected chi connectivity index (χ4v) is 2.77. The lowest BCUT2D eigenvalue weighted by Crippen LogP contribution is -2.49. The van der Waals surface area contributed by atoms with E-state index in [1.54, 1.807) is 6.07 Å². The summed E-state index contributed by atoms with van der Waals surface area (Å²) >= 11 is 0. The topological polar surface area (TPSA) is 70.6 Å². The van der Waals surface area contributed by atoms with Gasteiger partial charge in [0.1, 0.15) is 12.4 Å². The molecule has 0 aliphatic heterocycles. The minimum Gasteiger partial charge on any atom is -0.508 e. The summed E-state index contributed by atoms with van der Waals surface area (Å²) in [6, 6.07) is 15.6. The van der Waals surface area contributed by atoms with Crippen molar-refractivity contribution in [3.63, 3.8) is 0 Å². The van der Waals surface area contributed by atoms with Crippen LogP contribution in [0.4, 0.5) is 10.5 Å². The second-order valence-electron chi connectivity index (χ2n) is 6.22. The van der Waals surface area contributed by atoms with E-state index in [2.05, 4.69) is 10.6 Å². The van der Waals surface area contributed by atoms with E-state index in [1.807, 2.05) is 49.4 Å². The van der Waals surface area contributed by atoms with Gasteiger partial charge in [0.15, 0.2) is 0 Å². The number of anilines is 1. The molecule has 1 fully saturated rings. The Morgan fingerprint density at radius 1 is 1.17 bits per heavy atom. The Labute approximate surface area is 141 Å². The molecule has 1 amide bonds. The number of alkyl carbamates (subject to hydrolysis) is 1. The summed E-state index contributed by atoms with van der Waals surface area (Å²) in [5.41, 5.74) is 2.81. The quantitative estimate of drug-likeness (QED) is 0.735. The molecule has 5 heteroatoms. The Kier molecular flexibility index (Phi) is 4.89. The molecular weight excluding hydrogens is 304 g/mol. The molecule has 0 spiro atoms. The van der Waals surface area contributed by atoms with Gasteiger partial charge in [-0.1, -0.05) is 30.3 Å². The first kappa shape index (κ1) is 16.2. The number of nitrogens with one attached hydrogen (secondary N) is 2. The van der Waals surface area contributed by atoms with Crippen molar-refractivity contribution >= 4 is 11.8 Å². The monoisotopic (exact) mass is 326 g/mol. The first-order valence-corrected chi connectivity index (χ1v) is 8.13. The number of ether oxygens (including phenoxy) is 1. The lowest BCUT2D eigenvalue weighted by molar-refractivity contribution is 0.129. The molecule has 126 valence electrons. The summed E-state index contributed by atoms with van der Waals surface area (Å²) in [6.07, 6.45) is 1.35. The van der Waals surface area contributed by atoms with Crippen molar-refractivity contribution in [2.75, 3.05) is 5.32 Å². The number of amides is 1. The van der Waals surface area contributed by atoms with Crippen LogP contribution in [0.2, 0.25) is 0 Å². The number of aromatic hydroxyl groups is 1. The Morgan fingerprint density at radius 2 is 1.92 bits per heavy atom. The van der Waals surface area contributed by atoms with Gasteiger partial charge in [-0.15, -0.1) is 0 Å². The van der Waals surface area contributed by atoms with Crippen molar-refractivity contribution in [3.8, 4) is 5.75 Å². The van der Waals surface area contributed by atoms with E-state index in [9.17, 15) is 9.90 Å². The van der Waals surface area contributed by atoms with E-state index in [0.29, 0.717) is 11.8 Å². The molecule has 3 N–H and O–H groups in total. The van der Waals surface area contributed by atoms with Crippen LogP contribution in [0.25, 0.3) is 0 Å². The van der Waals surface area contributed by atoms with Crippen molar-refractivity contribution in [2.24, 2.45) is 0 Å². The second kappa shape index (κ2) is 7.25. The molecule has 2 aromatic rings. The van der Waals surface area contributed by atoms with Gasteiger partial charge in [-0.2, -0.15) is 0 Å². The summed E-state index contributed by atoms with van der Waals surface area (Å²) in [6.45, 7) is 2.16. The minimum absolute atomic E-state index is 0.143. The zero-order chi connectivity index (χ0) is 16.9. The number of rotatable bonds is 5. The molecule has 2 aromatic carbocycles. The highest BCUT2D eigenvalue weighted by atomic mass is 16.5. The average molecular weight is 326 g/mol. The van der Waals surface area contributed by atoms with Crippen LogP contribution < -0.4 is 10.6 Å². The van der Waals surface area contributed by atoms with Gasteiger partial charge in [-0.25, -0.2) is 4.79 Å². The zero-order valence-electron chi connectivity index (χ0n) is 13.7. The SMILES string of the molecule is Cc1cc(NC2CC(NC(=O)OCc3ccccc3)C2)ccc1O. The highest BCUT2D eigenvalue weighted by Crippen LogP contribution is 2.27. The summed E-state index contributed by atoms with van der Waals surface area (Å²) in [5, 5.41) is 15.8. The molecule has 0 radical (unpaired) electrons. The van der Waals surface area contributed by atoms with Crippen LogP contribution in [0.1, 0.15) is 24.0 Å². The second-order valence-corrected chi connectivity index (χ2v) is 6.22. The van der Waals surface area contributed by atoms with Crippen LogP contribution in [0, 0.1) is 6.92 Å². The molecule has 0 atom stereocenters. The Hall–Kier alpha value is -2.69. The van der Waals surface area contributed by atoms with Crippen molar-refractivity contribution in [1.29, 1.82) is 0 Å². The summed E-state index contributed by atoms with van der Waals surface area (Å²) < 4.78 is 5.22. The van der Waals surface area contributed by atoms with E-state index in [-0.39, 0.29) is 18.7 Å². The lowest BCUT2D eigenvalue weighted by Gasteiger charge is -2.36. The van der Waals surface area contributed by atoms with Gasteiger partial charge >= 0.3 is 6.09 Å². The van der Waals surface area contributed by atoms with Gasteiger partial charge < -0.3 is 20.5 Å². The Morgan fingerprint density at radius 3 is 2.62 bits per heavy atom. The largest absolute Gasteiger partial charge is 0.508 e. The molecule has 1 aliphatic carbocycles. The van der Waals surface area contributed by atoms with Crippen LogP contribution in [-0.2, 0) is 11.3 Å².